The molecule has 1 saturated carbocycles. The highest BCUT2D eigenvalue weighted by atomic mass is 32.2. The fraction of sp³-hybridized carbons (Fsp3) is 0.611. The van der Waals surface area contributed by atoms with Crippen LogP contribution in [0.3, 0.4) is 0 Å². The van der Waals surface area contributed by atoms with Crippen molar-refractivity contribution in [2.24, 2.45) is 11.7 Å². The lowest BCUT2D eigenvalue weighted by atomic mass is 9.85. The largest absolute Gasteiger partial charge is 0.328 e. The van der Waals surface area contributed by atoms with E-state index in [1.807, 2.05) is 45.0 Å². The first-order valence-corrected chi connectivity index (χ1v) is 9.61. The number of benzene rings is 1. The Morgan fingerprint density at radius 3 is 2.74 bits per heavy atom. The van der Waals surface area contributed by atoms with Crippen LogP contribution in [0, 0.1) is 5.92 Å². The van der Waals surface area contributed by atoms with Gasteiger partial charge < -0.3 is 11.1 Å². The van der Waals surface area contributed by atoms with Gasteiger partial charge in [0.05, 0.1) is 0 Å². The van der Waals surface area contributed by atoms with E-state index in [0.29, 0.717) is 5.75 Å². The molecule has 1 aliphatic carbocycles. The number of carbonyl (C=O) groups excluding carboxylic acids is 1. The summed E-state index contributed by atoms with van der Waals surface area (Å²) in [4.78, 5) is 12.4. The van der Waals surface area contributed by atoms with E-state index < -0.39 is 10.8 Å². The quantitative estimate of drug-likeness (QED) is 0.887. The Balaban J connectivity index is 1.99. The van der Waals surface area contributed by atoms with Gasteiger partial charge in [0.25, 0.3) is 0 Å². The van der Waals surface area contributed by atoms with Gasteiger partial charge in [-0.1, -0.05) is 18.6 Å². The normalized spacial score (nSPS) is 23.3. The Bertz CT molecular complexity index is 581. The Morgan fingerprint density at radius 2 is 2.09 bits per heavy atom. The van der Waals surface area contributed by atoms with Crippen LogP contribution in [0.1, 0.15) is 52.0 Å². The molecule has 128 valence electrons. The maximum absolute atomic E-state index is 12.4. The molecule has 0 spiro atoms. The summed E-state index contributed by atoms with van der Waals surface area (Å²) in [7, 11) is -0.948. The van der Waals surface area contributed by atoms with Crippen molar-refractivity contribution in [3.05, 3.63) is 29.8 Å². The average Bonchev–Trinajstić information content (AvgIpc) is 2.46. The lowest BCUT2D eigenvalue weighted by Crippen LogP contribution is -2.34. The van der Waals surface area contributed by atoms with Crippen molar-refractivity contribution in [1.29, 1.82) is 0 Å². The van der Waals surface area contributed by atoms with Crippen molar-refractivity contribution in [1.82, 2.24) is 0 Å². The first-order valence-electron chi connectivity index (χ1n) is 8.29. The molecular formula is C18H28N2O2S. The molecule has 0 radical (unpaired) electrons. The molecule has 0 saturated heterocycles. The molecule has 3 N–H and O–H groups in total. The van der Waals surface area contributed by atoms with Crippen LogP contribution in [0.4, 0.5) is 5.69 Å². The monoisotopic (exact) mass is 336 g/mol. The number of nitrogens with two attached hydrogens (primary N) is 1. The number of hydrogen-bond acceptors (Lipinski definition) is 3. The summed E-state index contributed by atoms with van der Waals surface area (Å²) in [6.45, 7) is 5.92. The second kappa shape index (κ2) is 7.58. The summed E-state index contributed by atoms with van der Waals surface area (Å²) < 4.78 is 12.0. The summed E-state index contributed by atoms with van der Waals surface area (Å²) in [5, 5.41) is 2.99. The predicted molar refractivity (Wildman–Crippen MR) is 96.6 cm³/mol. The molecule has 23 heavy (non-hydrogen) atoms. The molecular weight excluding hydrogens is 308 g/mol. The van der Waals surface area contributed by atoms with Gasteiger partial charge in [0, 0.05) is 38.9 Å². The molecule has 2 rings (SSSR count). The smallest absolute Gasteiger partial charge is 0.227 e. The zero-order valence-electron chi connectivity index (χ0n) is 14.3. The number of amides is 1. The van der Waals surface area contributed by atoms with E-state index in [-0.39, 0.29) is 22.6 Å². The van der Waals surface area contributed by atoms with E-state index in [0.717, 1.165) is 36.9 Å². The van der Waals surface area contributed by atoms with Crippen LogP contribution < -0.4 is 11.1 Å². The molecule has 3 atom stereocenters. The first-order chi connectivity index (χ1) is 10.8. The third kappa shape index (κ3) is 5.43. The van der Waals surface area contributed by atoms with Gasteiger partial charge in [0.15, 0.2) is 0 Å². The van der Waals surface area contributed by atoms with Gasteiger partial charge in [-0.3, -0.25) is 9.00 Å². The van der Waals surface area contributed by atoms with Gasteiger partial charge in [-0.2, -0.15) is 0 Å². The highest BCUT2D eigenvalue weighted by Crippen LogP contribution is 2.25. The Kier molecular flexibility index (Phi) is 5.98. The van der Waals surface area contributed by atoms with E-state index >= 15 is 0 Å². The summed E-state index contributed by atoms with van der Waals surface area (Å²) in [5.41, 5.74) is 7.72. The molecule has 1 aliphatic rings. The minimum atomic E-state index is -0.948. The van der Waals surface area contributed by atoms with E-state index in [1.54, 1.807) is 0 Å². The number of anilines is 1. The van der Waals surface area contributed by atoms with Gasteiger partial charge >= 0.3 is 0 Å². The van der Waals surface area contributed by atoms with Crippen LogP contribution in [-0.4, -0.2) is 20.9 Å². The van der Waals surface area contributed by atoms with Crippen molar-refractivity contribution in [2.45, 2.75) is 63.0 Å². The Labute approximate surface area is 141 Å². The van der Waals surface area contributed by atoms with Crippen molar-refractivity contribution in [2.75, 3.05) is 5.32 Å². The zero-order chi connectivity index (χ0) is 17.0. The fourth-order valence-electron chi connectivity index (χ4n) is 2.82. The van der Waals surface area contributed by atoms with Crippen LogP contribution in [0.5, 0.6) is 0 Å². The summed E-state index contributed by atoms with van der Waals surface area (Å²) in [6.07, 6.45) is 3.70. The van der Waals surface area contributed by atoms with Gasteiger partial charge in [0.2, 0.25) is 5.91 Å². The minimum absolute atomic E-state index is 0.00566. The van der Waals surface area contributed by atoms with Gasteiger partial charge in [-0.25, -0.2) is 0 Å². The lowest BCUT2D eigenvalue weighted by molar-refractivity contribution is -0.120. The average molecular weight is 337 g/mol. The second-order valence-electron chi connectivity index (χ2n) is 7.42. The molecule has 1 fully saturated rings. The minimum Gasteiger partial charge on any atom is -0.328 e. The molecule has 5 heteroatoms. The molecule has 1 aromatic rings. The summed E-state index contributed by atoms with van der Waals surface area (Å²) in [6, 6.07) is 7.79. The van der Waals surface area contributed by atoms with Gasteiger partial charge in [-0.15, -0.1) is 0 Å². The van der Waals surface area contributed by atoms with Gasteiger partial charge in [-0.05, 0) is 57.7 Å². The van der Waals surface area contributed by atoms with E-state index in [4.69, 9.17) is 5.73 Å². The van der Waals surface area contributed by atoms with Gasteiger partial charge in [0.1, 0.15) is 0 Å². The summed E-state index contributed by atoms with van der Waals surface area (Å²) in [5.74, 6) is 0.557. The number of nitrogens with one attached hydrogen (secondary N) is 1. The Hall–Kier alpha value is -1.20. The third-order valence-corrected chi connectivity index (χ3v) is 6.22. The molecule has 1 amide bonds. The molecule has 0 heterocycles. The van der Waals surface area contributed by atoms with Crippen LogP contribution in [0.2, 0.25) is 0 Å². The highest BCUT2D eigenvalue weighted by molar-refractivity contribution is 7.85. The Morgan fingerprint density at radius 1 is 1.35 bits per heavy atom. The molecule has 1 aromatic carbocycles. The molecule has 0 aromatic heterocycles. The van der Waals surface area contributed by atoms with E-state index in [9.17, 15) is 9.00 Å². The third-order valence-electron chi connectivity index (χ3n) is 4.26. The molecule has 0 aliphatic heterocycles. The zero-order valence-corrected chi connectivity index (χ0v) is 15.1. The molecule has 3 unspecified atom stereocenters. The standard InChI is InChI=1S/C18H28N2O2S/c1-18(2,3)23(22)12-13-6-4-9-16(10-13)20-17(21)14-7-5-8-15(19)11-14/h4,6,9-10,14-15H,5,7-8,11-12,19H2,1-3H3,(H,20,21). The SMILES string of the molecule is CC(C)(C)S(=O)Cc1cccc(NC(=O)C2CCCC(N)C2)c1. The topological polar surface area (TPSA) is 72.2 Å². The van der Waals surface area contributed by atoms with Crippen molar-refractivity contribution in [3.63, 3.8) is 0 Å². The maximum Gasteiger partial charge on any atom is 0.227 e. The second-order valence-corrected chi connectivity index (χ2v) is 9.62. The lowest BCUT2D eigenvalue weighted by Gasteiger charge is -2.25. The van der Waals surface area contributed by atoms with Crippen LogP contribution in [0.15, 0.2) is 24.3 Å². The van der Waals surface area contributed by atoms with Crippen molar-refractivity contribution < 1.29 is 9.00 Å². The van der Waals surface area contributed by atoms with Crippen molar-refractivity contribution in [3.8, 4) is 0 Å². The molecule has 4 nitrogen and oxygen atoms in total. The predicted octanol–water partition coefficient (Wildman–Crippen LogP) is 3.19. The van der Waals surface area contributed by atoms with E-state index in [1.165, 1.54) is 0 Å². The van der Waals surface area contributed by atoms with Crippen LogP contribution in [0.25, 0.3) is 0 Å². The van der Waals surface area contributed by atoms with Crippen LogP contribution >= 0.6 is 0 Å². The first kappa shape index (κ1) is 18.1. The number of carbonyl (C=O) groups is 1. The summed E-state index contributed by atoms with van der Waals surface area (Å²) >= 11 is 0. The fourth-order valence-corrected chi connectivity index (χ4v) is 3.73. The van der Waals surface area contributed by atoms with Crippen molar-refractivity contribution >= 4 is 22.4 Å². The highest BCUT2D eigenvalue weighted by Gasteiger charge is 2.25. The van der Waals surface area contributed by atoms with Crippen LogP contribution in [-0.2, 0) is 21.3 Å². The number of rotatable bonds is 4. The number of hydrogen-bond donors (Lipinski definition) is 2. The molecule has 0 bridgehead atoms. The van der Waals surface area contributed by atoms with E-state index in [2.05, 4.69) is 5.32 Å². The maximum atomic E-state index is 12.4.